The van der Waals surface area contributed by atoms with E-state index in [4.69, 9.17) is 0 Å². The van der Waals surface area contributed by atoms with Crippen molar-refractivity contribution in [1.29, 1.82) is 0 Å². The minimum absolute atomic E-state index is 0.0416. The van der Waals surface area contributed by atoms with Gasteiger partial charge >= 0.3 is 0 Å². The summed E-state index contributed by atoms with van der Waals surface area (Å²) in [5.74, 6) is 0.865. The zero-order valence-corrected chi connectivity index (χ0v) is 13.0. The van der Waals surface area contributed by atoms with Gasteiger partial charge in [0.15, 0.2) is 0 Å². The first kappa shape index (κ1) is 16.7. The van der Waals surface area contributed by atoms with E-state index in [2.05, 4.69) is 43.2 Å². The first-order valence-corrected chi connectivity index (χ1v) is 7.68. The molecule has 0 amide bonds. The Morgan fingerprint density at radius 1 is 1.45 bits per heavy atom. The van der Waals surface area contributed by atoms with Gasteiger partial charge in [0.2, 0.25) is 0 Å². The van der Waals surface area contributed by atoms with Crippen molar-refractivity contribution < 1.29 is 0 Å². The molecule has 1 unspecified atom stereocenters. The lowest BCUT2D eigenvalue weighted by Gasteiger charge is -2.34. The Morgan fingerprint density at radius 3 is 2.60 bits per heavy atom. The second-order valence-corrected chi connectivity index (χ2v) is 5.73. The van der Waals surface area contributed by atoms with Crippen LogP contribution in [0.3, 0.4) is 0 Å². The SMILES string of the molecule is C=CC(C/C=C(\C)N1CCC(CCC)CC1)C(=C)N=O. The van der Waals surface area contributed by atoms with Crippen molar-refractivity contribution in [2.24, 2.45) is 17.0 Å². The van der Waals surface area contributed by atoms with Crippen molar-refractivity contribution in [3.8, 4) is 0 Å². The Balaban J connectivity index is 2.47. The Bertz CT molecular complexity index is 365. The maximum absolute atomic E-state index is 10.5. The van der Waals surface area contributed by atoms with Crippen LogP contribution in [0.4, 0.5) is 0 Å². The molecule has 0 aromatic carbocycles. The van der Waals surface area contributed by atoms with Crippen LogP contribution in [-0.2, 0) is 0 Å². The van der Waals surface area contributed by atoms with Crippen molar-refractivity contribution in [2.75, 3.05) is 13.1 Å². The highest BCUT2D eigenvalue weighted by Crippen LogP contribution is 2.25. The van der Waals surface area contributed by atoms with Crippen molar-refractivity contribution in [2.45, 2.75) is 46.0 Å². The molecule has 112 valence electrons. The van der Waals surface area contributed by atoms with E-state index in [0.29, 0.717) is 5.70 Å². The molecule has 0 aromatic heterocycles. The Hall–Kier alpha value is -1.38. The predicted molar refractivity (Wildman–Crippen MR) is 86.2 cm³/mol. The van der Waals surface area contributed by atoms with E-state index in [1.807, 2.05) is 0 Å². The van der Waals surface area contributed by atoms with Gasteiger partial charge in [-0.1, -0.05) is 38.5 Å². The summed E-state index contributed by atoms with van der Waals surface area (Å²) < 4.78 is 0. The Kier molecular flexibility index (Phi) is 7.27. The summed E-state index contributed by atoms with van der Waals surface area (Å²) in [4.78, 5) is 13.0. The van der Waals surface area contributed by atoms with Gasteiger partial charge in [-0.2, -0.15) is 0 Å². The van der Waals surface area contributed by atoms with E-state index in [0.717, 1.165) is 25.4 Å². The Morgan fingerprint density at radius 2 is 2.10 bits per heavy atom. The third-order valence-corrected chi connectivity index (χ3v) is 4.31. The number of likely N-dealkylation sites (tertiary alicyclic amines) is 1. The number of nitroso groups, excluding NO2 is 1. The zero-order chi connectivity index (χ0) is 15.0. The number of allylic oxidation sites excluding steroid dienone is 3. The van der Waals surface area contributed by atoms with Crippen LogP contribution in [0, 0.1) is 16.7 Å². The summed E-state index contributed by atoms with van der Waals surface area (Å²) in [6, 6.07) is 0. The summed E-state index contributed by atoms with van der Waals surface area (Å²) in [7, 11) is 0. The molecule has 0 saturated carbocycles. The molecule has 0 aromatic rings. The monoisotopic (exact) mass is 276 g/mol. The molecule has 0 bridgehead atoms. The minimum Gasteiger partial charge on any atom is -0.375 e. The lowest BCUT2D eigenvalue weighted by Crippen LogP contribution is -2.32. The normalized spacial score (nSPS) is 18.7. The van der Waals surface area contributed by atoms with E-state index >= 15 is 0 Å². The largest absolute Gasteiger partial charge is 0.375 e. The number of hydrogen-bond acceptors (Lipinski definition) is 3. The molecule has 0 aliphatic carbocycles. The van der Waals surface area contributed by atoms with Crippen LogP contribution in [0.5, 0.6) is 0 Å². The standard InChI is InChI=1S/C17H28N2O/c1-5-7-16-10-12-19(13-11-16)14(3)8-9-17(6-2)15(4)18-20/h6,8,16-17H,2,4-5,7,9-13H2,1,3H3/b14-8+. The van der Waals surface area contributed by atoms with Gasteiger partial charge in [-0.25, -0.2) is 0 Å². The summed E-state index contributed by atoms with van der Waals surface area (Å²) in [5.41, 5.74) is 1.66. The van der Waals surface area contributed by atoms with Crippen molar-refractivity contribution in [3.05, 3.63) is 41.6 Å². The molecule has 3 nitrogen and oxygen atoms in total. The fraction of sp³-hybridized carbons (Fsp3) is 0.647. The van der Waals surface area contributed by atoms with Crippen molar-refractivity contribution in [1.82, 2.24) is 4.90 Å². The van der Waals surface area contributed by atoms with E-state index < -0.39 is 0 Å². The van der Waals surface area contributed by atoms with Gasteiger partial charge in [-0.3, -0.25) is 0 Å². The molecule has 1 aliphatic heterocycles. The zero-order valence-electron chi connectivity index (χ0n) is 13.0. The molecule has 1 rings (SSSR count). The van der Waals surface area contributed by atoms with Gasteiger partial charge in [0.25, 0.3) is 0 Å². The molecular formula is C17H28N2O. The second kappa shape index (κ2) is 8.72. The smallest absolute Gasteiger partial charge is 0.0848 e. The van der Waals surface area contributed by atoms with Gasteiger partial charge < -0.3 is 4.90 Å². The molecular weight excluding hydrogens is 248 g/mol. The Labute approximate surface area is 123 Å². The van der Waals surface area contributed by atoms with Gasteiger partial charge in [0.1, 0.15) is 0 Å². The van der Waals surface area contributed by atoms with E-state index in [1.165, 1.54) is 31.4 Å². The minimum atomic E-state index is -0.0416. The van der Waals surface area contributed by atoms with Crippen molar-refractivity contribution >= 4 is 0 Å². The molecule has 20 heavy (non-hydrogen) atoms. The summed E-state index contributed by atoms with van der Waals surface area (Å²) in [6.45, 7) is 14.1. The number of rotatable bonds is 8. The van der Waals surface area contributed by atoms with Crippen LogP contribution in [0.15, 0.2) is 41.9 Å². The highest BCUT2D eigenvalue weighted by Gasteiger charge is 2.18. The highest BCUT2D eigenvalue weighted by molar-refractivity contribution is 5.10. The van der Waals surface area contributed by atoms with E-state index in [1.54, 1.807) is 6.08 Å². The number of piperidine rings is 1. The molecule has 1 heterocycles. The lowest BCUT2D eigenvalue weighted by molar-refractivity contribution is 0.218. The van der Waals surface area contributed by atoms with Crippen LogP contribution in [0.1, 0.15) is 46.0 Å². The molecule has 0 spiro atoms. The lowest BCUT2D eigenvalue weighted by atomic mass is 9.92. The second-order valence-electron chi connectivity index (χ2n) is 5.73. The molecule has 3 heteroatoms. The molecule has 1 aliphatic rings. The van der Waals surface area contributed by atoms with Gasteiger partial charge in [0, 0.05) is 24.7 Å². The van der Waals surface area contributed by atoms with Crippen LogP contribution in [-0.4, -0.2) is 18.0 Å². The topological polar surface area (TPSA) is 32.7 Å². The van der Waals surface area contributed by atoms with E-state index in [9.17, 15) is 4.91 Å². The van der Waals surface area contributed by atoms with Gasteiger partial charge in [-0.05, 0) is 37.3 Å². The average molecular weight is 276 g/mol. The number of nitrogens with zero attached hydrogens (tertiary/aromatic N) is 2. The van der Waals surface area contributed by atoms with E-state index in [-0.39, 0.29) is 5.92 Å². The van der Waals surface area contributed by atoms with Crippen LogP contribution < -0.4 is 0 Å². The molecule has 1 fully saturated rings. The summed E-state index contributed by atoms with van der Waals surface area (Å²) >= 11 is 0. The fourth-order valence-electron chi connectivity index (χ4n) is 2.85. The molecule has 0 radical (unpaired) electrons. The third-order valence-electron chi connectivity index (χ3n) is 4.31. The first-order chi connectivity index (χ1) is 9.62. The third kappa shape index (κ3) is 4.95. The molecule has 1 atom stereocenters. The van der Waals surface area contributed by atoms with Gasteiger partial charge in [0.05, 0.1) is 5.70 Å². The average Bonchev–Trinajstić information content (AvgIpc) is 2.48. The van der Waals surface area contributed by atoms with Crippen LogP contribution in [0.25, 0.3) is 0 Å². The summed E-state index contributed by atoms with van der Waals surface area (Å²) in [5, 5.41) is 2.92. The first-order valence-electron chi connectivity index (χ1n) is 7.68. The van der Waals surface area contributed by atoms with Crippen LogP contribution in [0.2, 0.25) is 0 Å². The van der Waals surface area contributed by atoms with Crippen molar-refractivity contribution in [3.63, 3.8) is 0 Å². The van der Waals surface area contributed by atoms with Gasteiger partial charge in [-0.15, -0.1) is 11.5 Å². The van der Waals surface area contributed by atoms with Crippen LogP contribution >= 0.6 is 0 Å². The maximum Gasteiger partial charge on any atom is 0.0848 e. The molecule has 0 N–H and O–H groups in total. The number of hydrogen-bond donors (Lipinski definition) is 0. The predicted octanol–water partition coefficient (Wildman–Crippen LogP) is 4.87. The molecule has 1 saturated heterocycles. The summed E-state index contributed by atoms with van der Waals surface area (Å²) in [6.07, 6.45) is 9.94. The highest BCUT2D eigenvalue weighted by atomic mass is 16.3. The maximum atomic E-state index is 10.5. The quantitative estimate of drug-likeness (QED) is 0.468. The fourth-order valence-corrected chi connectivity index (χ4v) is 2.85.